The van der Waals surface area contributed by atoms with Gasteiger partial charge in [0.05, 0.1) is 11.9 Å². The first-order chi connectivity index (χ1) is 17.6. The molecule has 2 aromatic rings. The molecule has 0 unspecified atom stereocenters. The van der Waals surface area contributed by atoms with E-state index in [1.807, 2.05) is 25.1 Å². The second-order valence-electron chi connectivity index (χ2n) is 9.45. The number of amides is 2. The number of hydrogen-bond acceptors (Lipinski definition) is 4. The summed E-state index contributed by atoms with van der Waals surface area (Å²) in [6, 6.07) is 13.3. The number of anilines is 1. The fraction of sp³-hybridized carbons (Fsp3) is 0.481. The van der Waals surface area contributed by atoms with E-state index in [0.29, 0.717) is 22.2 Å². The average molecular weight is 569 g/mol. The average Bonchev–Trinajstić information content (AvgIpc) is 3.35. The van der Waals surface area contributed by atoms with Crippen molar-refractivity contribution < 1.29 is 18.0 Å². The summed E-state index contributed by atoms with van der Waals surface area (Å²) < 4.78 is 26.2. The molecule has 10 heteroatoms. The molecule has 0 bridgehead atoms. The number of nitrogens with one attached hydrogen (secondary N) is 1. The van der Waals surface area contributed by atoms with E-state index in [9.17, 15) is 18.0 Å². The van der Waals surface area contributed by atoms with Crippen molar-refractivity contribution in [3.05, 3.63) is 64.1 Å². The number of nitrogens with zero attached hydrogens (tertiary/aromatic N) is 2. The third-order valence-corrected chi connectivity index (χ3v) is 8.43. The number of rotatable bonds is 12. The summed E-state index contributed by atoms with van der Waals surface area (Å²) in [4.78, 5) is 28.4. The van der Waals surface area contributed by atoms with Crippen LogP contribution in [0.4, 0.5) is 5.69 Å². The number of benzene rings is 2. The summed E-state index contributed by atoms with van der Waals surface area (Å²) in [5, 5.41) is 4.07. The van der Waals surface area contributed by atoms with Crippen molar-refractivity contribution in [2.75, 3.05) is 17.1 Å². The van der Waals surface area contributed by atoms with Crippen molar-refractivity contribution in [1.82, 2.24) is 10.2 Å². The van der Waals surface area contributed by atoms with Crippen molar-refractivity contribution in [1.29, 1.82) is 0 Å². The highest BCUT2D eigenvalue weighted by molar-refractivity contribution is 7.92. The molecule has 37 heavy (non-hydrogen) atoms. The molecule has 1 atom stereocenters. The first-order valence-electron chi connectivity index (χ1n) is 12.7. The molecule has 0 radical (unpaired) electrons. The Morgan fingerprint density at radius 3 is 2.41 bits per heavy atom. The maximum absolute atomic E-state index is 13.5. The van der Waals surface area contributed by atoms with E-state index in [2.05, 4.69) is 5.32 Å². The summed E-state index contributed by atoms with van der Waals surface area (Å²) in [5.74, 6) is -0.389. The van der Waals surface area contributed by atoms with Gasteiger partial charge in [0.15, 0.2) is 0 Å². The molecule has 0 aromatic heterocycles. The molecule has 1 fully saturated rings. The second-order valence-corrected chi connectivity index (χ2v) is 12.2. The topological polar surface area (TPSA) is 86.8 Å². The standard InChI is InChI=1S/C27H35Cl2N3O4S/c1-3-25(27(34)30-22-12-5-6-13-22)31(19-20-10-4-7-15-24(20)29)26(33)16-9-17-32(37(2,35)36)23-14-8-11-21(28)18-23/h4,7-8,10-11,14-15,18,22,25H,3,5-6,9,12-13,16-17,19H2,1-2H3,(H,30,34)/t25-/m1/s1. The van der Waals surface area contributed by atoms with Crippen LogP contribution in [0.25, 0.3) is 0 Å². The Morgan fingerprint density at radius 2 is 1.78 bits per heavy atom. The van der Waals surface area contributed by atoms with Gasteiger partial charge in [0, 0.05) is 35.6 Å². The molecule has 0 heterocycles. The largest absolute Gasteiger partial charge is 0.352 e. The van der Waals surface area contributed by atoms with Crippen LogP contribution in [0.3, 0.4) is 0 Å². The Balaban J connectivity index is 1.76. The first-order valence-corrected chi connectivity index (χ1v) is 15.3. The third kappa shape index (κ3) is 8.35. The Kier molecular flexibility index (Phi) is 10.7. The summed E-state index contributed by atoms with van der Waals surface area (Å²) in [7, 11) is -3.59. The Bertz CT molecular complexity index is 1190. The predicted octanol–water partition coefficient (Wildman–Crippen LogP) is 5.41. The number of carbonyl (C=O) groups excluding carboxylic acids is 2. The van der Waals surface area contributed by atoms with E-state index in [0.717, 1.165) is 37.5 Å². The fourth-order valence-electron chi connectivity index (χ4n) is 4.73. The summed E-state index contributed by atoms with van der Waals surface area (Å²) >= 11 is 12.5. The zero-order valence-electron chi connectivity index (χ0n) is 21.3. The SMILES string of the molecule is CC[C@H](C(=O)NC1CCCC1)N(Cc1ccccc1Cl)C(=O)CCCN(c1cccc(Cl)c1)S(C)(=O)=O. The quantitative estimate of drug-likeness (QED) is 0.371. The minimum Gasteiger partial charge on any atom is -0.352 e. The molecule has 2 aromatic carbocycles. The lowest BCUT2D eigenvalue weighted by Crippen LogP contribution is -2.51. The summed E-state index contributed by atoms with van der Waals surface area (Å²) in [5.41, 5.74) is 1.19. The minimum atomic E-state index is -3.59. The summed E-state index contributed by atoms with van der Waals surface area (Å²) in [6.07, 6.45) is 6.01. The minimum absolute atomic E-state index is 0.0737. The van der Waals surface area contributed by atoms with E-state index in [1.165, 1.54) is 4.31 Å². The van der Waals surface area contributed by atoms with Crippen LogP contribution in [0.2, 0.25) is 10.0 Å². The van der Waals surface area contributed by atoms with Crippen LogP contribution >= 0.6 is 23.2 Å². The van der Waals surface area contributed by atoms with Gasteiger partial charge < -0.3 is 10.2 Å². The fourth-order valence-corrected chi connectivity index (χ4v) is 6.07. The van der Waals surface area contributed by atoms with Crippen LogP contribution in [0.15, 0.2) is 48.5 Å². The molecule has 7 nitrogen and oxygen atoms in total. The predicted molar refractivity (Wildman–Crippen MR) is 149 cm³/mol. The maximum atomic E-state index is 13.5. The Labute approximate surface area is 230 Å². The van der Waals surface area contributed by atoms with Gasteiger partial charge in [-0.1, -0.05) is 67.2 Å². The Morgan fingerprint density at radius 1 is 1.08 bits per heavy atom. The van der Waals surface area contributed by atoms with Crippen LogP contribution in [0.1, 0.15) is 57.4 Å². The zero-order valence-corrected chi connectivity index (χ0v) is 23.7. The number of halogens is 2. The molecule has 0 saturated heterocycles. The molecule has 3 rings (SSSR count). The van der Waals surface area contributed by atoms with Crippen LogP contribution in [0.5, 0.6) is 0 Å². The van der Waals surface area contributed by atoms with E-state index in [-0.39, 0.29) is 43.8 Å². The molecule has 1 aliphatic carbocycles. The van der Waals surface area contributed by atoms with Gasteiger partial charge >= 0.3 is 0 Å². The molecule has 1 N–H and O–H groups in total. The molecule has 1 saturated carbocycles. The highest BCUT2D eigenvalue weighted by Crippen LogP contribution is 2.24. The highest BCUT2D eigenvalue weighted by Gasteiger charge is 2.31. The van der Waals surface area contributed by atoms with Crippen molar-refractivity contribution in [3.63, 3.8) is 0 Å². The Hall–Kier alpha value is -2.29. The molecule has 2 amide bonds. The molecule has 0 aliphatic heterocycles. The lowest BCUT2D eigenvalue weighted by atomic mass is 10.1. The number of sulfonamides is 1. The summed E-state index contributed by atoms with van der Waals surface area (Å²) in [6.45, 7) is 2.19. The van der Waals surface area contributed by atoms with E-state index in [4.69, 9.17) is 23.2 Å². The van der Waals surface area contributed by atoms with Crippen LogP contribution in [0, 0.1) is 0 Å². The highest BCUT2D eigenvalue weighted by atomic mass is 35.5. The van der Waals surface area contributed by atoms with Crippen LogP contribution in [-0.4, -0.2) is 50.0 Å². The van der Waals surface area contributed by atoms with Gasteiger partial charge in [0.25, 0.3) is 0 Å². The van der Waals surface area contributed by atoms with Crippen LogP contribution < -0.4 is 9.62 Å². The molecule has 0 spiro atoms. The van der Waals surface area contributed by atoms with Crippen molar-refractivity contribution in [3.8, 4) is 0 Å². The molecule has 1 aliphatic rings. The second kappa shape index (κ2) is 13.5. The van der Waals surface area contributed by atoms with E-state index >= 15 is 0 Å². The number of hydrogen-bond donors (Lipinski definition) is 1. The van der Waals surface area contributed by atoms with Crippen molar-refractivity contribution in [2.45, 2.75) is 70.5 Å². The van der Waals surface area contributed by atoms with Crippen LogP contribution in [-0.2, 0) is 26.2 Å². The number of carbonyl (C=O) groups is 2. The smallest absolute Gasteiger partial charge is 0.243 e. The van der Waals surface area contributed by atoms with Gasteiger partial charge in [0.2, 0.25) is 21.8 Å². The van der Waals surface area contributed by atoms with Crippen molar-refractivity contribution >= 4 is 50.7 Å². The van der Waals surface area contributed by atoms with E-state index < -0.39 is 16.1 Å². The lowest BCUT2D eigenvalue weighted by molar-refractivity contribution is -0.141. The van der Waals surface area contributed by atoms with E-state index in [1.54, 1.807) is 35.2 Å². The first kappa shape index (κ1) is 29.3. The maximum Gasteiger partial charge on any atom is 0.243 e. The van der Waals surface area contributed by atoms with Gasteiger partial charge in [-0.2, -0.15) is 0 Å². The monoisotopic (exact) mass is 567 g/mol. The lowest BCUT2D eigenvalue weighted by Gasteiger charge is -2.32. The van der Waals surface area contributed by atoms with Gasteiger partial charge in [-0.15, -0.1) is 0 Å². The molecule has 202 valence electrons. The molecular formula is C27H35Cl2N3O4S. The molecular weight excluding hydrogens is 533 g/mol. The third-order valence-electron chi connectivity index (χ3n) is 6.63. The zero-order chi connectivity index (χ0) is 27.0. The van der Waals surface area contributed by atoms with Gasteiger partial charge in [-0.25, -0.2) is 8.42 Å². The van der Waals surface area contributed by atoms with Gasteiger partial charge in [-0.05, 0) is 55.5 Å². The van der Waals surface area contributed by atoms with Crippen molar-refractivity contribution in [2.24, 2.45) is 0 Å². The van der Waals surface area contributed by atoms with Gasteiger partial charge in [-0.3, -0.25) is 13.9 Å². The van der Waals surface area contributed by atoms with Gasteiger partial charge in [0.1, 0.15) is 6.04 Å². The normalized spacial score (nSPS) is 14.8.